The van der Waals surface area contributed by atoms with Crippen molar-refractivity contribution in [3.63, 3.8) is 0 Å². The molecule has 1 aliphatic rings. The quantitative estimate of drug-likeness (QED) is 0.882. The van der Waals surface area contributed by atoms with Crippen LogP contribution in [0.5, 0.6) is 5.75 Å². The van der Waals surface area contributed by atoms with Crippen molar-refractivity contribution in [3.05, 3.63) is 28.2 Å². The summed E-state index contributed by atoms with van der Waals surface area (Å²) in [6, 6.07) is 6.48. The fourth-order valence-electron chi connectivity index (χ4n) is 3.22. The van der Waals surface area contributed by atoms with Crippen LogP contribution < -0.4 is 10.1 Å². The molecule has 106 valence electrons. The van der Waals surface area contributed by atoms with Crippen LogP contribution in [0, 0.1) is 11.8 Å². The Balaban J connectivity index is 2.04. The van der Waals surface area contributed by atoms with Crippen molar-refractivity contribution in [1.29, 1.82) is 0 Å². The van der Waals surface area contributed by atoms with Crippen molar-refractivity contribution < 1.29 is 4.74 Å². The van der Waals surface area contributed by atoms with Gasteiger partial charge in [-0.15, -0.1) is 0 Å². The van der Waals surface area contributed by atoms with Gasteiger partial charge in [-0.2, -0.15) is 0 Å². The molecule has 1 aliphatic carbocycles. The first-order chi connectivity index (χ1) is 9.24. The van der Waals surface area contributed by atoms with E-state index in [2.05, 4.69) is 46.5 Å². The van der Waals surface area contributed by atoms with Gasteiger partial charge in [0.15, 0.2) is 0 Å². The van der Waals surface area contributed by atoms with Crippen LogP contribution in [-0.2, 0) is 6.42 Å². The highest BCUT2D eigenvalue weighted by Crippen LogP contribution is 2.34. The summed E-state index contributed by atoms with van der Waals surface area (Å²) in [6.07, 6.45) is 6.73. The predicted molar refractivity (Wildman–Crippen MR) is 83.8 cm³/mol. The minimum atomic E-state index is 0.821. The van der Waals surface area contributed by atoms with Crippen LogP contribution in [0.3, 0.4) is 0 Å². The molecule has 19 heavy (non-hydrogen) atoms. The molecule has 1 fully saturated rings. The van der Waals surface area contributed by atoms with Crippen LogP contribution in [0.15, 0.2) is 22.7 Å². The molecule has 0 aromatic heterocycles. The first-order valence-corrected chi connectivity index (χ1v) is 8.01. The summed E-state index contributed by atoms with van der Waals surface area (Å²) < 4.78 is 6.36. The molecule has 0 radical (unpaired) electrons. The van der Waals surface area contributed by atoms with Crippen molar-refractivity contribution in [2.45, 2.75) is 32.1 Å². The molecule has 1 aromatic rings. The largest absolute Gasteiger partial charge is 0.496 e. The Kier molecular flexibility index (Phi) is 5.71. The average Bonchev–Trinajstić information content (AvgIpc) is 2.41. The SMILES string of the molecule is CNCC1CCCCC1Cc1ccc(OC)c(Br)c1. The van der Waals surface area contributed by atoms with Gasteiger partial charge in [0.05, 0.1) is 11.6 Å². The fraction of sp³-hybridized carbons (Fsp3) is 0.625. The van der Waals surface area contributed by atoms with E-state index in [0.29, 0.717) is 0 Å². The summed E-state index contributed by atoms with van der Waals surface area (Å²) in [5, 5.41) is 3.35. The average molecular weight is 326 g/mol. The van der Waals surface area contributed by atoms with Gasteiger partial charge < -0.3 is 10.1 Å². The third-order valence-corrected chi connectivity index (χ3v) is 4.87. The standard InChI is InChI=1S/C16H24BrNO/c1-18-11-14-6-4-3-5-13(14)9-12-7-8-16(19-2)15(17)10-12/h7-8,10,13-14,18H,3-6,9,11H2,1-2H3. The highest BCUT2D eigenvalue weighted by atomic mass is 79.9. The Morgan fingerprint density at radius 3 is 2.63 bits per heavy atom. The first-order valence-electron chi connectivity index (χ1n) is 7.21. The molecule has 0 amide bonds. The number of halogens is 1. The first kappa shape index (κ1) is 14.9. The van der Waals surface area contributed by atoms with E-state index in [1.54, 1.807) is 7.11 Å². The van der Waals surface area contributed by atoms with E-state index in [4.69, 9.17) is 4.74 Å². The van der Waals surface area contributed by atoms with Gasteiger partial charge in [-0.1, -0.05) is 18.9 Å². The molecule has 1 aromatic carbocycles. The highest BCUT2D eigenvalue weighted by molar-refractivity contribution is 9.10. The lowest BCUT2D eigenvalue weighted by Gasteiger charge is -2.31. The maximum Gasteiger partial charge on any atom is 0.133 e. The van der Waals surface area contributed by atoms with Gasteiger partial charge in [-0.05, 0) is 78.3 Å². The van der Waals surface area contributed by atoms with Gasteiger partial charge in [0.1, 0.15) is 5.75 Å². The van der Waals surface area contributed by atoms with Gasteiger partial charge in [0, 0.05) is 0 Å². The maximum absolute atomic E-state index is 5.29. The summed E-state index contributed by atoms with van der Waals surface area (Å²) in [7, 11) is 3.78. The van der Waals surface area contributed by atoms with Gasteiger partial charge >= 0.3 is 0 Å². The molecular formula is C16H24BrNO. The summed E-state index contributed by atoms with van der Waals surface area (Å²) in [6.45, 7) is 1.15. The van der Waals surface area contributed by atoms with Gasteiger partial charge in [-0.3, -0.25) is 0 Å². The number of benzene rings is 1. The highest BCUT2D eigenvalue weighted by Gasteiger charge is 2.24. The third kappa shape index (κ3) is 3.96. The molecule has 2 atom stereocenters. The zero-order valence-corrected chi connectivity index (χ0v) is 13.5. The predicted octanol–water partition coefficient (Wildman–Crippen LogP) is 4.03. The molecule has 2 nitrogen and oxygen atoms in total. The smallest absolute Gasteiger partial charge is 0.133 e. The van der Waals surface area contributed by atoms with Crippen LogP contribution in [0.1, 0.15) is 31.2 Å². The van der Waals surface area contributed by atoms with Crippen LogP contribution >= 0.6 is 15.9 Å². The molecule has 1 saturated carbocycles. The molecule has 3 heteroatoms. The summed E-state index contributed by atoms with van der Waals surface area (Å²) >= 11 is 3.58. The normalized spacial score (nSPS) is 23.3. The minimum Gasteiger partial charge on any atom is -0.496 e. The number of rotatable bonds is 5. The number of hydrogen-bond acceptors (Lipinski definition) is 2. The molecule has 0 spiro atoms. The molecule has 0 aliphatic heterocycles. The maximum atomic E-state index is 5.29. The third-order valence-electron chi connectivity index (χ3n) is 4.25. The Morgan fingerprint density at radius 2 is 2.00 bits per heavy atom. The second kappa shape index (κ2) is 7.30. The van der Waals surface area contributed by atoms with Gasteiger partial charge in [-0.25, -0.2) is 0 Å². The minimum absolute atomic E-state index is 0.821. The second-order valence-electron chi connectivity index (χ2n) is 5.54. The van der Waals surface area contributed by atoms with E-state index < -0.39 is 0 Å². The molecule has 0 saturated heterocycles. The molecule has 0 bridgehead atoms. The monoisotopic (exact) mass is 325 g/mol. The lowest BCUT2D eigenvalue weighted by Crippen LogP contribution is -2.30. The summed E-state index contributed by atoms with van der Waals surface area (Å²) in [5.74, 6) is 2.57. The lowest BCUT2D eigenvalue weighted by atomic mass is 9.76. The van der Waals surface area contributed by atoms with E-state index in [0.717, 1.165) is 28.6 Å². The number of hydrogen-bond donors (Lipinski definition) is 1. The second-order valence-corrected chi connectivity index (χ2v) is 6.39. The van der Waals surface area contributed by atoms with E-state index in [-0.39, 0.29) is 0 Å². The van der Waals surface area contributed by atoms with E-state index in [1.165, 1.54) is 37.7 Å². The Labute approximate surface area is 125 Å². The van der Waals surface area contributed by atoms with Crippen molar-refractivity contribution >= 4 is 15.9 Å². The van der Waals surface area contributed by atoms with Crippen molar-refractivity contribution in [3.8, 4) is 5.75 Å². The molecule has 2 rings (SSSR count). The molecule has 0 heterocycles. The summed E-state index contributed by atoms with van der Waals surface area (Å²) in [5.41, 5.74) is 1.42. The van der Waals surface area contributed by atoms with Crippen molar-refractivity contribution in [2.75, 3.05) is 20.7 Å². The van der Waals surface area contributed by atoms with Crippen molar-refractivity contribution in [2.24, 2.45) is 11.8 Å². The number of nitrogens with one attached hydrogen (secondary N) is 1. The fourth-order valence-corrected chi connectivity index (χ4v) is 3.81. The zero-order chi connectivity index (χ0) is 13.7. The number of methoxy groups -OCH3 is 1. The van der Waals surface area contributed by atoms with Gasteiger partial charge in [0.25, 0.3) is 0 Å². The van der Waals surface area contributed by atoms with E-state index in [9.17, 15) is 0 Å². The number of ether oxygens (including phenoxy) is 1. The summed E-state index contributed by atoms with van der Waals surface area (Å²) in [4.78, 5) is 0. The van der Waals surface area contributed by atoms with Crippen LogP contribution in [-0.4, -0.2) is 20.7 Å². The van der Waals surface area contributed by atoms with Crippen LogP contribution in [0.2, 0.25) is 0 Å². The Hall–Kier alpha value is -0.540. The van der Waals surface area contributed by atoms with Crippen molar-refractivity contribution in [1.82, 2.24) is 5.32 Å². The Morgan fingerprint density at radius 1 is 1.26 bits per heavy atom. The van der Waals surface area contributed by atoms with Gasteiger partial charge in [0.2, 0.25) is 0 Å². The zero-order valence-electron chi connectivity index (χ0n) is 11.9. The van der Waals surface area contributed by atoms with E-state index >= 15 is 0 Å². The molecule has 1 N–H and O–H groups in total. The van der Waals surface area contributed by atoms with Crippen LogP contribution in [0.4, 0.5) is 0 Å². The molecule has 2 unspecified atom stereocenters. The van der Waals surface area contributed by atoms with Crippen LogP contribution in [0.25, 0.3) is 0 Å². The topological polar surface area (TPSA) is 21.3 Å². The van der Waals surface area contributed by atoms with E-state index in [1.807, 2.05) is 0 Å². The molecular weight excluding hydrogens is 302 g/mol. The Bertz CT molecular complexity index is 406. The lowest BCUT2D eigenvalue weighted by molar-refractivity contribution is 0.232.